The second-order valence-corrected chi connectivity index (χ2v) is 8.39. The van der Waals surface area contributed by atoms with Crippen molar-refractivity contribution in [2.75, 3.05) is 34.4 Å². The Morgan fingerprint density at radius 3 is 2.40 bits per heavy atom. The average molecular weight is 416 g/mol. The summed E-state index contributed by atoms with van der Waals surface area (Å²) in [4.78, 5) is 18.8. The molecule has 0 spiro atoms. The molecule has 2 N–H and O–H groups in total. The van der Waals surface area contributed by atoms with Crippen LogP contribution in [0.25, 0.3) is 10.9 Å². The number of methoxy groups -OCH3 is 3. The van der Waals surface area contributed by atoms with Crippen molar-refractivity contribution in [1.29, 1.82) is 0 Å². The number of hydrogen-bond acceptors (Lipinski definition) is 5. The number of aromatic nitrogens is 1. The van der Waals surface area contributed by atoms with Gasteiger partial charge in [0.15, 0.2) is 11.5 Å². The number of ether oxygens (including phenoxy) is 3. The van der Waals surface area contributed by atoms with E-state index < -0.39 is 0 Å². The largest absolute Gasteiger partial charge is 0.496 e. The van der Waals surface area contributed by atoms with Crippen LogP contribution >= 0.6 is 0 Å². The highest BCUT2D eigenvalue weighted by molar-refractivity contribution is 6.02. The fourth-order valence-corrected chi connectivity index (χ4v) is 4.98. The van der Waals surface area contributed by atoms with Crippen LogP contribution in [0, 0.1) is 0 Å². The number of H-pyrrole nitrogens is 1. The Balaban J connectivity index is 1.48. The van der Waals surface area contributed by atoms with Gasteiger partial charge in [-0.3, -0.25) is 9.69 Å². The zero-order valence-electron chi connectivity index (χ0n) is 18.3. The second-order valence-electron chi connectivity index (χ2n) is 8.39. The zero-order valence-corrected chi connectivity index (χ0v) is 18.3. The van der Waals surface area contributed by atoms with Crippen LogP contribution in [0.5, 0.6) is 17.2 Å². The van der Waals surface area contributed by atoms with E-state index in [4.69, 9.17) is 14.2 Å². The molecule has 2 aliphatic rings. The first kappa shape index (κ1) is 20.8. The first-order chi connectivity index (χ1) is 14.6. The minimum atomic E-state index is -0.0954. The minimum Gasteiger partial charge on any atom is -0.496 e. The molecule has 0 bridgehead atoms. The summed E-state index contributed by atoms with van der Waals surface area (Å²) < 4.78 is 16.4. The van der Waals surface area contributed by atoms with Gasteiger partial charge in [0.25, 0.3) is 5.91 Å². The van der Waals surface area contributed by atoms with Gasteiger partial charge in [-0.05, 0) is 25.3 Å². The predicted octanol–water partition coefficient (Wildman–Crippen LogP) is 3.72. The quantitative estimate of drug-likeness (QED) is 0.704. The lowest BCUT2D eigenvalue weighted by atomic mass is 10.1. The van der Waals surface area contributed by atoms with Crippen LogP contribution < -0.4 is 19.5 Å². The summed E-state index contributed by atoms with van der Waals surface area (Å²) in [7, 11) is 4.78. The number of amides is 1. The van der Waals surface area contributed by atoms with Gasteiger partial charge in [0.1, 0.15) is 11.4 Å². The summed E-state index contributed by atoms with van der Waals surface area (Å²) in [6.07, 6.45) is 8.99. The summed E-state index contributed by atoms with van der Waals surface area (Å²) in [6.45, 7) is 2.01. The van der Waals surface area contributed by atoms with Crippen molar-refractivity contribution >= 4 is 16.8 Å². The monoisotopic (exact) mass is 415 g/mol. The van der Waals surface area contributed by atoms with Crippen LogP contribution in [0.2, 0.25) is 0 Å². The third-order valence-corrected chi connectivity index (χ3v) is 6.58. The van der Waals surface area contributed by atoms with E-state index in [1.807, 2.05) is 6.07 Å². The van der Waals surface area contributed by atoms with Crippen molar-refractivity contribution in [3.05, 3.63) is 17.8 Å². The first-order valence-corrected chi connectivity index (χ1v) is 11.0. The number of rotatable bonds is 6. The lowest BCUT2D eigenvalue weighted by molar-refractivity contribution is 0.0931. The number of benzene rings is 1. The maximum atomic E-state index is 13.0. The van der Waals surface area contributed by atoms with Crippen LogP contribution in [0.1, 0.15) is 55.4 Å². The maximum Gasteiger partial charge on any atom is 0.267 e. The van der Waals surface area contributed by atoms with Gasteiger partial charge in [0.05, 0.1) is 26.8 Å². The summed E-state index contributed by atoms with van der Waals surface area (Å²) in [6, 6.07) is 4.47. The fourth-order valence-electron chi connectivity index (χ4n) is 4.98. The van der Waals surface area contributed by atoms with Gasteiger partial charge >= 0.3 is 0 Å². The van der Waals surface area contributed by atoms with Gasteiger partial charge in [-0.15, -0.1) is 0 Å². The number of carbonyl (C=O) groups excluding carboxylic acids is 1. The van der Waals surface area contributed by atoms with Gasteiger partial charge in [-0.25, -0.2) is 0 Å². The van der Waals surface area contributed by atoms with Crippen molar-refractivity contribution in [2.24, 2.45) is 0 Å². The Hall–Kier alpha value is -2.41. The topological polar surface area (TPSA) is 75.8 Å². The van der Waals surface area contributed by atoms with Crippen molar-refractivity contribution in [1.82, 2.24) is 15.2 Å². The van der Waals surface area contributed by atoms with Crippen molar-refractivity contribution < 1.29 is 19.0 Å². The molecule has 0 radical (unpaired) electrons. The molecular formula is C23H33N3O4. The van der Waals surface area contributed by atoms with Crippen molar-refractivity contribution in [3.63, 3.8) is 0 Å². The van der Waals surface area contributed by atoms with Gasteiger partial charge in [-0.2, -0.15) is 0 Å². The zero-order chi connectivity index (χ0) is 21.1. The maximum absolute atomic E-state index is 13.0. The van der Waals surface area contributed by atoms with Crippen LogP contribution in [0.3, 0.4) is 0 Å². The molecular weight excluding hydrogens is 382 g/mol. The van der Waals surface area contributed by atoms with Gasteiger partial charge in [0.2, 0.25) is 0 Å². The number of fused-ring (bicyclic) bond motifs is 1. The number of likely N-dealkylation sites (tertiary alicyclic amines) is 1. The van der Waals surface area contributed by atoms with Crippen LogP contribution in [0.4, 0.5) is 0 Å². The summed E-state index contributed by atoms with van der Waals surface area (Å²) >= 11 is 0. The van der Waals surface area contributed by atoms with Crippen LogP contribution in [0.15, 0.2) is 12.1 Å². The third-order valence-electron chi connectivity index (χ3n) is 6.58. The van der Waals surface area contributed by atoms with Gasteiger partial charge in [0, 0.05) is 36.6 Å². The fraction of sp³-hybridized carbons (Fsp3) is 0.609. The summed E-state index contributed by atoms with van der Waals surface area (Å²) in [5.74, 6) is 1.67. The molecule has 2 heterocycles. The Morgan fingerprint density at radius 1 is 1.00 bits per heavy atom. The molecule has 1 atom stereocenters. The Labute approximate surface area is 178 Å². The number of hydrogen-bond donors (Lipinski definition) is 2. The van der Waals surface area contributed by atoms with Gasteiger partial charge in [-0.1, -0.05) is 25.7 Å². The molecule has 1 saturated carbocycles. The highest BCUT2D eigenvalue weighted by Gasteiger charge is 2.30. The molecule has 1 aromatic carbocycles. The van der Waals surface area contributed by atoms with E-state index in [0.29, 0.717) is 34.5 Å². The predicted molar refractivity (Wildman–Crippen MR) is 117 cm³/mol. The van der Waals surface area contributed by atoms with E-state index >= 15 is 0 Å². The lowest BCUT2D eigenvalue weighted by Gasteiger charge is -2.26. The Bertz CT molecular complexity index is 886. The molecule has 1 saturated heterocycles. The van der Waals surface area contributed by atoms with E-state index in [1.165, 1.54) is 38.5 Å². The van der Waals surface area contributed by atoms with E-state index in [2.05, 4.69) is 15.2 Å². The molecule has 1 aromatic heterocycles. The molecule has 2 aromatic rings. The molecule has 1 aliphatic heterocycles. The summed E-state index contributed by atoms with van der Waals surface area (Å²) in [5.41, 5.74) is 1.20. The first-order valence-electron chi connectivity index (χ1n) is 11.0. The Kier molecular flexibility index (Phi) is 6.37. The van der Waals surface area contributed by atoms with E-state index in [9.17, 15) is 4.79 Å². The number of nitrogens with one attached hydrogen (secondary N) is 2. The standard InChI is InChI=1S/C23H33N3O4/c1-28-19-13-20(29-2)22(30-3)21-17(19)12-18(25-21)23(27)24-15-10-11-26(14-15)16-8-6-4-5-7-9-16/h12-13,15-16,25H,4-11,14H2,1-3H3,(H,24,27)/t15-/m1/s1. The van der Waals surface area contributed by atoms with Crippen molar-refractivity contribution in [2.45, 2.75) is 57.0 Å². The summed E-state index contributed by atoms with van der Waals surface area (Å²) in [5, 5.41) is 4.02. The number of nitrogens with zero attached hydrogens (tertiary/aromatic N) is 1. The Morgan fingerprint density at radius 2 is 1.73 bits per heavy atom. The number of carbonyl (C=O) groups is 1. The van der Waals surface area contributed by atoms with Gasteiger partial charge < -0.3 is 24.5 Å². The van der Waals surface area contributed by atoms with Crippen LogP contribution in [-0.4, -0.2) is 62.3 Å². The smallest absolute Gasteiger partial charge is 0.267 e. The molecule has 2 fully saturated rings. The second kappa shape index (κ2) is 9.16. The average Bonchev–Trinajstić information content (AvgIpc) is 3.32. The minimum absolute atomic E-state index is 0.0954. The molecule has 164 valence electrons. The normalized spacial score (nSPS) is 20.8. The lowest BCUT2D eigenvalue weighted by Crippen LogP contribution is -2.39. The SMILES string of the molecule is COc1cc(OC)c2cc(C(=O)N[C@@H]3CCN(C4CCCCCC4)C3)[nH]c2c1OC. The van der Waals surface area contributed by atoms with Crippen molar-refractivity contribution in [3.8, 4) is 17.2 Å². The van der Waals surface area contributed by atoms with E-state index in [1.54, 1.807) is 27.4 Å². The molecule has 1 amide bonds. The highest BCUT2D eigenvalue weighted by Crippen LogP contribution is 2.41. The number of aromatic amines is 1. The third kappa shape index (κ3) is 4.08. The highest BCUT2D eigenvalue weighted by atomic mass is 16.5. The van der Waals surface area contributed by atoms with E-state index in [-0.39, 0.29) is 11.9 Å². The molecule has 30 heavy (non-hydrogen) atoms. The van der Waals surface area contributed by atoms with Crippen LogP contribution in [-0.2, 0) is 0 Å². The molecule has 0 unspecified atom stereocenters. The molecule has 7 heteroatoms. The molecule has 1 aliphatic carbocycles. The van der Waals surface area contributed by atoms with E-state index in [0.717, 1.165) is 24.9 Å². The molecule has 7 nitrogen and oxygen atoms in total. The molecule has 4 rings (SSSR count).